The Morgan fingerprint density at radius 1 is 1.25 bits per heavy atom. The normalized spacial score (nSPS) is 15.2. The summed E-state index contributed by atoms with van der Waals surface area (Å²) in [5.41, 5.74) is 4.72. The Labute approximate surface area is 194 Å². The molecule has 166 valence electrons. The van der Waals surface area contributed by atoms with Crippen LogP contribution in [0.5, 0.6) is 0 Å². The maximum absolute atomic E-state index is 13.2. The van der Waals surface area contributed by atoms with Crippen LogP contribution in [0.15, 0.2) is 61.1 Å². The van der Waals surface area contributed by atoms with E-state index >= 15 is 0 Å². The molecule has 1 N–H and O–H groups in total. The molecule has 1 aliphatic rings. The highest BCUT2D eigenvalue weighted by molar-refractivity contribution is 5.85. The van der Waals surface area contributed by atoms with E-state index in [1.165, 1.54) is 5.56 Å². The first kappa shape index (κ1) is 23.2. The van der Waals surface area contributed by atoms with Gasteiger partial charge in [-0.05, 0) is 35.7 Å². The summed E-state index contributed by atoms with van der Waals surface area (Å²) in [5, 5.41) is 9.43. The van der Waals surface area contributed by atoms with Gasteiger partial charge in [-0.15, -0.1) is 12.4 Å². The Morgan fingerprint density at radius 2 is 2.03 bits per heavy atom. The van der Waals surface area contributed by atoms with Crippen LogP contribution in [0.2, 0.25) is 0 Å². The van der Waals surface area contributed by atoms with Crippen LogP contribution in [-0.4, -0.2) is 52.5 Å². The number of H-pyrrole nitrogens is 1. The molecule has 4 rings (SSSR count). The Balaban J connectivity index is 0.00000289. The lowest BCUT2D eigenvalue weighted by Crippen LogP contribution is -2.49. The Morgan fingerprint density at radius 3 is 2.69 bits per heavy atom. The van der Waals surface area contributed by atoms with Crippen LogP contribution in [0.4, 0.5) is 10.5 Å². The molecular weight excluding hydrogens is 424 g/mol. The van der Waals surface area contributed by atoms with Gasteiger partial charge in [0.05, 0.1) is 36.2 Å². The molecule has 7 nitrogen and oxygen atoms in total. The van der Waals surface area contributed by atoms with E-state index in [4.69, 9.17) is 0 Å². The van der Waals surface area contributed by atoms with Gasteiger partial charge in [0.1, 0.15) is 0 Å². The number of fused-ring (bicyclic) bond motifs is 1. The summed E-state index contributed by atoms with van der Waals surface area (Å²) in [4.78, 5) is 26.4. The number of nitrogens with one attached hydrogen (secondary N) is 1. The van der Waals surface area contributed by atoms with Crippen molar-refractivity contribution in [1.29, 1.82) is 5.26 Å². The Hall–Kier alpha value is -3.50. The van der Waals surface area contributed by atoms with Gasteiger partial charge >= 0.3 is 6.03 Å². The number of carbonyl (C=O) groups excluding carboxylic acids is 1. The quantitative estimate of drug-likeness (QED) is 0.655. The van der Waals surface area contributed by atoms with Crippen molar-refractivity contribution in [2.45, 2.75) is 25.6 Å². The number of anilines is 1. The molecule has 1 aromatic heterocycles. The number of urea groups is 1. The van der Waals surface area contributed by atoms with E-state index in [1.54, 1.807) is 25.3 Å². The van der Waals surface area contributed by atoms with Crippen LogP contribution in [0, 0.1) is 11.3 Å². The molecule has 0 unspecified atom stereocenters. The number of rotatable bonds is 4. The van der Waals surface area contributed by atoms with E-state index in [-0.39, 0.29) is 24.5 Å². The van der Waals surface area contributed by atoms with Gasteiger partial charge < -0.3 is 19.7 Å². The predicted molar refractivity (Wildman–Crippen MR) is 127 cm³/mol. The van der Waals surface area contributed by atoms with Crippen molar-refractivity contribution in [3.05, 3.63) is 83.4 Å². The van der Waals surface area contributed by atoms with Crippen molar-refractivity contribution in [3.63, 3.8) is 0 Å². The van der Waals surface area contributed by atoms with E-state index in [0.717, 1.165) is 23.4 Å². The number of carbonyl (C=O) groups is 1. The van der Waals surface area contributed by atoms with Gasteiger partial charge in [-0.1, -0.05) is 30.3 Å². The van der Waals surface area contributed by atoms with E-state index in [9.17, 15) is 10.1 Å². The molecule has 32 heavy (non-hydrogen) atoms. The predicted octanol–water partition coefficient (Wildman–Crippen LogP) is 3.82. The first-order valence-electron chi connectivity index (χ1n) is 10.3. The number of aromatic amines is 1. The average Bonchev–Trinajstić information content (AvgIpc) is 3.24. The molecule has 0 radical (unpaired) electrons. The maximum Gasteiger partial charge on any atom is 0.320 e. The highest BCUT2D eigenvalue weighted by atomic mass is 35.5. The lowest BCUT2D eigenvalue weighted by molar-refractivity contribution is 0.147. The minimum absolute atomic E-state index is 0. The van der Waals surface area contributed by atoms with E-state index < -0.39 is 0 Å². The fourth-order valence-corrected chi connectivity index (χ4v) is 4.12. The third kappa shape index (κ3) is 5.04. The molecule has 1 aliphatic heterocycles. The molecule has 0 fully saturated rings. The topological polar surface area (TPSA) is 79.3 Å². The number of benzene rings is 2. The Kier molecular flexibility index (Phi) is 7.39. The molecule has 8 heteroatoms. The highest BCUT2D eigenvalue weighted by Crippen LogP contribution is 2.31. The lowest BCUT2D eigenvalue weighted by atomic mass is 10.0. The number of amides is 2. The zero-order chi connectivity index (χ0) is 21.8. The van der Waals surface area contributed by atoms with Crippen molar-refractivity contribution in [3.8, 4) is 6.07 Å². The molecule has 3 aromatic rings. The first-order chi connectivity index (χ1) is 15.0. The molecular formula is C24H27ClN6O. The zero-order valence-electron chi connectivity index (χ0n) is 18.2. The first-order valence-corrected chi connectivity index (χ1v) is 10.3. The minimum Gasteiger partial charge on any atom is -0.363 e. The summed E-state index contributed by atoms with van der Waals surface area (Å²) in [6.45, 7) is 1.74. The van der Waals surface area contributed by atoms with Crippen molar-refractivity contribution in [1.82, 2.24) is 19.8 Å². The fraction of sp³-hybridized carbons (Fsp3) is 0.292. The largest absolute Gasteiger partial charge is 0.363 e. The van der Waals surface area contributed by atoms with Gasteiger partial charge in [0.2, 0.25) is 0 Å². The van der Waals surface area contributed by atoms with E-state index in [2.05, 4.69) is 33.1 Å². The van der Waals surface area contributed by atoms with Crippen LogP contribution in [0.1, 0.15) is 22.4 Å². The molecule has 2 heterocycles. The number of imidazole rings is 1. The van der Waals surface area contributed by atoms with E-state index in [0.29, 0.717) is 25.2 Å². The van der Waals surface area contributed by atoms with Gasteiger partial charge in [0.15, 0.2) is 0 Å². The van der Waals surface area contributed by atoms with Gasteiger partial charge in [0.25, 0.3) is 0 Å². The molecule has 0 spiro atoms. The molecule has 0 bridgehead atoms. The maximum atomic E-state index is 13.2. The van der Waals surface area contributed by atoms with Crippen LogP contribution in [-0.2, 0) is 19.5 Å². The molecule has 0 aliphatic carbocycles. The number of aromatic nitrogens is 2. The smallest absolute Gasteiger partial charge is 0.320 e. The summed E-state index contributed by atoms with van der Waals surface area (Å²) < 4.78 is 0. The molecule has 1 atom stereocenters. The van der Waals surface area contributed by atoms with Gasteiger partial charge in [-0.3, -0.25) is 0 Å². The number of hydrogen-bond acceptors (Lipinski definition) is 4. The van der Waals surface area contributed by atoms with Gasteiger partial charge in [-0.2, -0.15) is 5.26 Å². The zero-order valence-corrected chi connectivity index (χ0v) is 19.0. The molecule has 2 aromatic carbocycles. The third-order valence-electron chi connectivity index (χ3n) is 5.61. The number of halogens is 1. The average molecular weight is 451 g/mol. The Bertz CT molecular complexity index is 1080. The van der Waals surface area contributed by atoms with Crippen LogP contribution >= 0.6 is 12.4 Å². The SMILES string of the molecule is CN(C)C(=O)N1Cc2cc(C#N)ccc2N(Cc2c[nH]cn2)C[C@H]1Cc1ccccc1.Cl. The van der Waals surface area contributed by atoms with Crippen molar-refractivity contribution in [2.75, 3.05) is 25.5 Å². The molecule has 0 saturated heterocycles. The standard InChI is InChI=1S/C24H26N6O.ClH/c1-28(2)24(31)30-14-20-10-19(12-25)8-9-23(20)29(15-21-13-26-17-27-21)16-22(30)11-18-6-4-3-5-7-18;/h3-10,13,17,22H,11,14-16H2,1-2H3,(H,26,27);1H/t22-;/m1./s1. The van der Waals surface area contributed by atoms with Crippen LogP contribution in [0.3, 0.4) is 0 Å². The monoisotopic (exact) mass is 450 g/mol. The van der Waals surface area contributed by atoms with Gasteiger partial charge in [0, 0.05) is 39.1 Å². The fourth-order valence-electron chi connectivity index (χ4n) is 4.12. The summed E-state index contributed by atoms with van der Waals surface area (Å²) >= 11 is 0. The van der Waals surface area contributed by atoms with Crippen molar-refractivity contribution < 1.29 is 4.79 Å². The van der Waals surface area contributed by atoms with Gasteiger partial charge in [-0.25, -0.2) is 9.78 Å². The second kappa shape index (κ2) is 10.2. The third-order valence-corrected chi connectivity index (χ3v) is 5.61. The van der Waals surface area contributed by atoms with Crippen LogP contribution < -0.4 is 4.90 Å². The summed E-state index contributed by atoms with van der Waals surface area (Å²) in [6, 6.07) is 18.1. The summed E-state index contributed by atoms with van der Waals surface area (Å²) in [5.74, 6) is 0. The lowest BCUT2D eigenvalue weighted by Gasteiger charge is -2.34. The number of hydrogen-bond donors (Lipinski definition) is 1. The molecule has 0 saturated carbocycles. The number of nitrogens with zero attached hydrogens (tertiary/aromatic N) is 5. The minimum atomic E-state index is -0.0332. The number of nitriles is 1. The molecule has 2 amide bonds. The summed E-state index contributed by atoms with van der Waals surface area (Å²) in [6.07, 6.45) is 4.32. The van der Waals surface area contributed by atoms with Crippen LogP contribution in [0.25, 0.3) is 0 Å². The highest BCUT2D eigenvalue weighted by Gasteiger charge is 2.32. The summed E-state index contributed by atoms with van der Waals surface area (Å²) in [7, 11) is 3.56. The second-order valence-electron chi connectivity index (χ2n) is 8.04. The second-order valence-corrected chi connectivity index (χ2v) is 8.04. The van der Waals surface area contributed by atoms with E-state index in [1.807, 2.05) is 47.5 Å². The van der Waals surface area contributed by atoms with Crippen molar-refractivity contribution in [2.24, 2.45) is 0 Å². The van der Waals surface area contributed by atoms with Crippen molar-refractivity contribution >= 4 is 24.1 Å².